The summed E-state index contributed by atoms with van der Waals surface area (Å²) >= 11 is 0. The molecule has 0 saturated carbocycles. The summed E-state index contributed by atoms with van der Waals surface area (Å²) in [6.45, 7) is 5.18. The van der Waals surface area contributed by atoms with Crippen molar-refractivity contribution < 1.29 is 0 Å². The Morgan fingerprint density at radius 1 is 1.21 bits per heavy atom. The van der Waals surface area contributed by atoms with Crippen molar-refractivity contribution in [3.63, 3.8) is 0 Å². The fourth-order valence-electron chi connectivity index (χ4n) is 3.26. The van der Waals surface area contributed by atoms with E-state index < -0.39 is 0 Å². The van der Waals surface area contributed by atoms with Gasteiger partial charge in [0.05, 0.1) is 12.5 Å². The fraction of sp³-hybridized carbons (Fsp3) is 0.389. The number of nitrogens with zero attached hydrogens (tertiary/aromatic N) is 5. The third-order valence-corrected chi connectivity index (χ3v) is 4.82. The molecule has 3 aromatic rings. The van der Waals surface area contributed by atoms with Crippen molar-refractivity contribution in [1.29, 1.82) is 0 Å². The van der Waals surface area contributed by atoms with Crippen LogP contribution in [0.15, 0.2) is 36.8 Å². The second-order valence-electron chi connectivity index (χ2n) is 6.48. The Balaban J connectivity index is 1.40. The Labute approximate surface area is 141 Å². The molecule has 0 saturated heterocycles. The van der Waals surface area contributed by atoms with E-state index in [-0.39, 0.29) is 0 Å². The molecule has 6 nitrogen and oxygen atoms in total. The molecule has 0 amide bonds. The number of fused-ring (bicyclic) bond motifs is 2. The van der Waals surface area contributed by atoms with Crippen molar-refractivity contribution >= 4 is 17.1 Å². The summed E-state index contributed by atoms with van der Waals surface area (Å²) in [5.74, 6) is 0.644. The van der Waals surface area contributed by atoms with Crippen LogP contribution in [-0.4, -0.2) is 43.6 Å². The average Bonchev–Trinajstić information content (AvgIpc) is 2.99. The third-order valence-electron chi connectivity index (χ3n) is 4.82. The van der Waals surface area contributed by atoms with Gasteiger partial charge in [-0.25, -0.2) is 9.97 Å². The second kappa shape index (κ2) is 6.20. The maximum atomic E-state index is 4.48. The Bertz CT molecular complexity index is 856. The van der Waals surface area contributed by atoms with Gasteiger partial charge in [-0.1, -0.05) is 24.3 Å². The second-order valence-corrected chi connectivity index (χ2v) is 6.48. The standard InChI is InChI=1S/C18H22N6/c1-13(24-8-7-14-5-3-4-6-15(14)11-24)9-19-18-20-10-16-17(22-18)21-12-23(16)2/h3-6,10,12-13H,7-9,11H2,1-2H3,(H,19,20,22). The van der Waals surface area contributed by atoms with E-state index in [1.165, 1.54) is 11.1 Å². The zero-order chi connectivity index (χ0) is 16.5. The summed E-state index contributed by atoms with van der Waals surface area (Å²) in [5.41, 5.74) is 4.61. The lowest BCUT2D eigenvalue weighted by Gasteiger charge is -2.33. The highest BCUT2D eigenvalue weighted by Gasteiger charge is 2.20. The van der Waals surface area contributed by atoms with Gasteiger partial charge in [0.2, 0.25) is 5.95 Å². The third kappa shape index (κ3) is 2.85. The highest BCUT2D eigenvalue weighted by molar-refractivity contribution is 5.70. The first-order chi connectivity index (χ1) is 11.7. The van der Waals surface area contributed by atoms with Crippen molar-refractivity contribution in [3.8, 4) is 0 Å². The summed E-state index contributed by atoms with van der Waals surface area (Å²) in [6, 6.07) is 9.15. The topological polar surface area (TPSA) is 58.9 Å². The molecule has 1 aliphatic rings. The lowest BCUT2D eigenvalue weighted by molar-refractivity contribution is 0.198. The number of aryl methyl sites for hydroxylation is 1. The first-order valence-electron chi connectivity index (χ1n) is 8.39. The highest BCUT2D eigenvalue weighted by atomic mass is 15.2. The van der Waals surface area contributed by atoms with E-state index in [0.717, 1.165) is 37.2 Å². The van der Waals surface area contributed by atoms with Crippen LogP contribution in [0.4, 0.5) is 5.95 Å². The van der Waals surface area contributed by atoms with Gasteiger partial charge in [-0.15, -0.1) is 0 Å². The van der Waals surface area contributed by atoms with Crippen molar-refractivity contribution in [1.82, 2.24) is 24.4 Å². The summed E-state index contributed by atoms with van der Waals surface area (Å²) in [7, 11) is 1.95. The molecule has 6 heteroatoms. The lowest BCUT2D eigenvalue weighted by Crippen LogP contribution is -2.41. The minimum Gasteiger partial charge on any atom is -0.353 e. The molecule has 1 N–H and O–H groups in total. The molecule has 1 atom stereocenters. The van der Waals surface area contributed by atoms with Gasteiger partial charge in [0.1, 0.15) is 5.52 Å². The number of hydrogen-bond acceptors (Lipinski definition) is 5. The SMILES string of the molecule is CC(CNc1ncc2c(ncn2C)n1)N1CCc2ccccc2C1. The summed E-state index contributed by atoms with van der Waals surface area (Å²) < 4.78 is 1.92. The van der Waals surface area contributed by atoms with Gasteiger partial charge in [0.15, 0.2) is 5.65 Å². The van der Waals surface area contributed by atoms with Crippen LogP contribution in [0.5, 0.6) is 0 Å². The van der Waals surface area contributed by atoms with Crippen molar-refractivity contribution in [3.05, 3.63) is 47.9 Å². The zero-order valence-electron chi connectivity index (χ0n) is 14.1. The number of imidazole rings is 1. The summed E-state index contributed by atoms with van der Waals surface area (Å²) in [5, 5.41) is 3.35. The van der Waals surface area contributed by atoms with Gasteiger partial charge >= 0.3 is 0 Å². The van der Waals surface area contributed by atoms with Crippen molar-refractivity contribution in [2.24, 2.45) is 7.05 Å². The first-order valence-corrected chi connectivity index (χ1v) is 8.39. The van der Waals surface area contributed by atoms with Crippen LogP contribution in [0, 0.1) is 0 Å². The van der Waals surface area contributed by atoms with Gasteiger partial charge < -0.3 is 9.88 Å². The molecular formula is C18H22N6. The van der Waals surface area contributed by atoms with Crippen LogP contribution in [0.25, 0.3) is 11.2 Å². The van der Waals surface area contributed by atoms with Gasteiger partial charge in [-0.3, -0.25) is 4.90 Å². The van der Waals surface area contributed by atoms with E-state index in [0.29, 0.717) is 12.0 Å². The Morgan fingerprint density at radius 3 is 2.92 bits per heavy atom. The predicted molar refractivity (Wildman–Crippen MR) is 94.8 cm³/mol. The highest BCUT2D eigenvalue weighted by Crippen LogP contribution is 2.20. The number of nitrogens with one attached hydrogen (secondary N) is 1. The van der Waals surface area contributed by atoms with Gasteiger partial charge in [-0.05, 0) is 24.5 Å². The largest absolute Gasteiger partial charge is 0.353 e. The molecule has 0 fully saturated rings. The van der Waals surface area contributed by atoms with Gasteiger partial charge in [0, 0.05) is 32.7 Å². The molecule has 24 heavy (non-hydrogen) atoms. The van der Waals surface area contributed by atoms with Crippen LogP contribution < -0.4 is 5.32 Å². The van der Waals surface area contributed by atoms with Crippen LogP contribution in [-0.2, 0) is 20.0 Å². The van der Waals surface area contributed by atoms with Crippen LogP contribution in [0.3, 0.4) is 0 Å². The molecule has 4 rings (SSSR count). The minimum atomic E-state index is 0.418. The Hall–Kier alpha value is -2.47. The summed E-state index contributed by atoms with van der Waals surface area (Å²) in [4.78, 5) is 15.7. The minimum absolute atomic E-state index is 0.418. The molecule has 0 aliphatic carbocycles. The molecule has 1 aromatic carbocycles. The van der Waals surface area contributed by atoms with E-state index in [9.17, 15) is 0 Å². The maximum absolute atomic E-state index is 4.48. The molecule has 0 bridgehead atoms. The average molecular weight is 322 g/mol. The van der Waals surface area contributed by atoms with E-state index in [1.807, 2.05) is 17.8 Å². The monoisotopic (exact) mass is 322 g/mol. The number of hydrogen-bond donors (Lipinski definition) is 1. The van der Waals surface area contributed by atoms with Crippen molar-refractivity contribution in [2.45, 2.75) is 25.9 Å². The molecule has 0 radical (unpaired) electrons. The first kappa shape index (κ1) is 15.1. The predicted octanol–water partition coefficient (Wildman–Crippen LogP) is 2.22. The molecule has 1 aliphatic heterocycles. The van der Waals surface area contributed by atoms with E-state index in [2.05, 4.69) is 56.4 Å². The smallest absolute Gasteiger partial charge is 0.224 e. The number of rotatable bonds is 4. The van der Waals surface area contributed by atoms with Crippen LogP contribution >= 0.6 is 0 Å². The fourth-order valence-corrected chi connectivity index (χ4v) is 3.26. The molecule has 0 spiro atoms. The summed E-state index contributed by atoms with van der Waals surface area (Å²) in [6.07, 6.45) is 4.70. The van der Waals surface area contributed by atoms with Crippen LogP contribution in [0.2, 0.25) is 0 Å². The number of anilines is 1. The maximum Gasteiger partial charge on any atom is 0.224 e. The van der Waals surface area contributed by atoms with Crippen molar-refractivity contribution in [2.75, 3.05) is 18.4 Å². The molecule has 1 unspecified atom stereocenters. The lowest BCUT2D eigenvalue weighted by atomic mass is 9.99. The molecule has 3 heterocycles. The Morgan fingerprint density at radius 2 is 2.04 bits per heavy atom. The molecule has 124 valence electrons. The van der Waals surface area contributed by atoms with Gasteiger partial charge in [-0.2, -0.15) is 4.98 Å². The number of benzene rings is 1. The van der Waals surface area contributed by atoms with E-state index in [4.69, 9.17) is 0 Å². The normalized spacial score (nSPS) is 16.1. The molecular weight excluding hydrogens is 300 g/mol. The van der Waals surface area contributed by atoms with E-state index >= 15 is 0 Å². The number of aromatic nitrogens is 4. The Kier molecular flexibility index (Phi) is 3.90. The quantitative estimate of drug-likeness (QED) is 0.798. The van der Waals surface area contributed by atoms with E-state index in [1.54, 1.807) is 6.33 Å². The van der Waals surface area contributed by atoms with Gasteiger partial charge in [0.25, 0.3) is 0 Å². The molecule has 2 aromatic heterocycles. The van der Waals surface area contributed by atoms with Crippen LogP contribution in [0.1, 0.15) is 18.1 Å². The zero-order valence-corrected chi connectivity index (χ0v) is 14.1.